The second-order valence-corrected chi connectivity index (χ2v) is 4.09. The zero-order valence-electron chi connectivity index (χ0n) is 10.0. The Labute approximate surface area is 104 Å². The molecule has 6 heteroatoms. The van der Waals surface area contributed by atoms with E-state index in [1.165, 1.54) is 19.2 Å². The highest BCUT2D eigenvalue weighted by atomic mass is 19.4. The molecule has 0 amide bonds. The summed E-state index contributed by atoms with van der Waals surface area (Å²) in [4.78, 5) is 1.74. The Kier molecular flexibility index (Phi) is 3.65. The maximum Gasteiger partial charge on any atom is 0.421 e. The number of piperazine rings is 1. The van der Waals surface area contributed by atoms with Crippen LogP contribution in [-0.4, -0.2) is 33.3 Å². The molecule has 0 bridgehead atoms. The quantitative estimate of drug-likeness (QED) is 0.881. The summed E-state index contributed by atoms with van der Waals surface area (Å²) in [6.45, 7) is 2.51. The van der Waals surface area contributed by atoms with E-state index in [0.717, 1.165) is 0 Å². The van der Waals surface area contributed by atoms with E-state index in [0.29, 0.717) is 26.2 Å². The van der Waals surface area contributed by atoms with Crippen molar-refractivity contribution < 1.29 is 17.9 Å². The van der Waals surface area contributed by atoms with Crippen molar-refractivity contribution in [1.29, 1.82) is 0 Å². The lowest BCUT2D eigenvalue weighted by Crippen LogP contribution is -2.44. The van der Waals surface area contributed by atoms with E-state index in [4.69, 9.17) is 4.74 Å². The van der Waals surface area contributed by atoms with Gasteiger partial charge in [0.25, 0.3) is 0 Å². The second-order valence-electron chi connectivity index (χ2n) is 4.09. The minimum absolute atomic E-state index is 0.126. The van der Waals surface area contributed by atoms with Crippen molar-refractivity contribution in [3.63, 3.8) is 0 Å². The molecule has 1 aliphatic rings. The predicted molar refractivity (Wildman–Crippen MR) is 63.1 cm³/mol. The molecule has 0 atom stereocenters. The van der Waals surface area contributed by atoms with Crippen LogP contribution in [0, 0.1) is 0 Å². The molecule has 0 saturated carbocycles. The van der Waals surface area contributed by atoms with Crippen molar-refractivity contribution in [3.8, 4) is 5.75 Å². The highest BCUT2D eigenvalue weighted by Crippen LogP contribution is 2.42. The van der Waals surface area contributed by atoms with E-state index in [1.54, 1.807) is 11.0 Å². The van der Waals surface area contributed by atoms with Gasteiger partial charge < -0.3 is 15.0 Å². The molecule has 0 spiro atoms. The van der Waals surface area contributed by atoms with Crippen molar-refractivity contribution in [2.24, 2.45) is 0 Å². The Bertz CT molecular complexity index is 414. The van der Waals surface area contributed by atoms with Gasteiger partial charge in [-0.1, -0.05) is 6.07 Å². The molecule has 1 N–H and O–H groups in total. The molecule has 1 aromatic rings. The van der Waals surface area contributed by atoms with Crippen molar-refractivity contribution in [1.82, 2.24) is 5.32 Å². The van der Waals surface area contributed by atoms with E-state index in [9.17, 15) is 13.2 Å². The van der Waals surface area contributed by atoms with E-state index >= 15 is 0 Å². The van der Waals surface area contributed by atoms with Crippen molar-refractivity contribution in [3.05, 3.63) is 23.8 Å². The van der Waals surface area contributed by atoms with Crippen LogP contribution in [0.1, 0.15) is 5.56 Å². The van der Waals surface area contributed by atoms with E-state index in [2.05, 4.69) is 5.32 Å². The molecule has 1 saturated heterocycles. The van der Waals surface area contributed by atoms with Gasteiger partial charge in [-0.3, -0.25) is 0 Å². The monoisotopic (exact) mass is 260 g/mol. The summed E-state index contributed by atoms with van der Waals surface area (Å²) >= 11 is 0. The van der Waals surface area contributed by atoms with Gasteiger partial charge >= 0.3 is 6.18 Å². The average Bonchev–Trinajstić information content (AvgIpc) is 2.38. The largest absolute Gasteiger partial charge is 0.496 e. The maximum absolute atomic E-state index is 13.1. The fourth-order valence-corrected chi connectivity index (χ4v) is 2.14. The lowest BCUT2D eigenvalue weighted by atomic mass is 10.1. The van der Waals surface area contributed by atoms with Gasteiger partial charge in [-0.2, -0.15) is 13.2 Å². The van der Waals surface area contributed by atoms with Crippen LogP contribution in [0.15, 0.2) is 18.2 Å². The number of hydrogen-bond acceptors (Lipinski definition) is 3. The molecule has 18 heavy (non-hydrogen) atoms. The minimum Gasteiger partial charge on any atom is -0.496 e. The standard InChI is InChI=1S/C12H15F3N2O/c1-18-10-4-2-3-9(11(10)12(13,14)15)17-7-5-16-6-8-17/h2-4,16H,5-8H2,1H3. The van der Waals surface area contributed by atoms with Crippen LogP contribution in [0.5, 0.6) is 5.75 Å². The Morgan fingerprint density at radius 1 is 1.22 bits per heavy atom. The maximum atomic E-state index is 13.1. The second kappa shape index (κ2) is 5.06. The average molecular weight is 260 g/mol. The molecule has 100 valence electrons. The number of benzene rings is 1. The first-order valence-corrected chi connectivity index (χ1v) is 5.74. The number of hydrogen-bond donors (Lipinski definition) is 1. The van der Waals surface area contributed by atoms with Crippen molar-refractivity contribution >= 4 is 5.69 Å². The van der Waals surface area contributed by atoms with Crippen molar-refractivity contribution in [2.75, 3.05) is 38.2 Å². The summed E-state index contributed by atoms with van der Waals surface area (Å²) in [7, 11) is 1.26. The van der Waals surface area contributed by atoms with E-state index < -0.39 is 11.7 Å². The SMILES string of the molecule is COc1cccc(N2CCNCC2)c1C(F)(F)F. The van der Waals surface area contributed by atoms with Gasteiger partial charge in [-0.05, 0) is 12.1 Å². The van der Waals surface area contributed by atoms with Gasteiger partial charge in [0, 0.05) is 26.2 Å². The van der Waals surface area contributed by atoms with Crippen LogP contribution in [0.2, 0.25) is 0 Å². The van der Waals surface area contributed by atoms with E-state index in [-0.39, 0.29) is 11.4 Å². The molecule has 1 heterocycles. The normalized spacial score (nSPS) is 16.8. The summed E-state index contributed by atoms with van der Waals surface area (Å²) in [5.74, 6) is -0.126. The number of nitrogens with one attached hydrogen (secondary N) is 1. The molecule has 0 aromatic heterocycles. The molecule has 1 fully saturated rings. The summed E-state index contributed by atoms with van der Waals surface area (Å²) in [5.41, 5.74) is -0.488. The van der Waals surface area contributed by atoms with E-state index in [1.807, 2.05) is 0 Å². The van der Waals surface area contributed by atoms with Gasteiger partial charge in [0.1, 0.15) is 11.3 Å². The Morgan fingerprint density at radius 2 is 1.89 bits per heavy atom. The van der Waals surface area contributed by atoms with Crippen LogP contribution in [0.4, 0.5) is 18.9 Å². The van der Waals surface area contributed by atoms with Crippen LogP contribution in [0.3, 0.4) is 0 Å². The molecular weight excluding hydrogens is 245 g/mol. The molecule has 1 aromatic carbocycles. The zero-order valence-corrected chi connectivity index (χ0v) is 10.0. The first kappa shape index (κ1) is 13.0. The summed E-state index contributed by atoms with van der Waals surface area (Å²) in [6, 6.07) is 4.43. The Morgan fingerprint density at radius 3 is 2.44 bits per heavy atom. The van der Waals surface area contributed by atoms with Gasteiger partial charge in [0.15, 0.2) is 0 Å². The molecule has 0 unspecified atom stereocenters. The van der Waals surface area contributed by atoms with Crippen LogP contribution in [0.25, 0.3) is 0 Å². The highest BCUT2D eigenvalue weighted by Gasteiger charge is 2.38. The van der Waals surface area contributed by atoms with Gasteiger partial charge in [0.05, 0.1) is 12.8 Å². The number of alkyl halides is 3. The first-order valence-electron chi connectivity index (χ1n) is 5.74. The topological polar surface area (TPSA) is 24.5 Å². The minimum atomic E-state index is -4.41. The third kappa shape index (κ3) is 2.53. The zero-order chi connectivity index (χ0) is 13.2. The third-order valence-electron chi connectivity index (χ3n) is 2.97. The van der Waals surface area contributed by atoms with Crippen molar-refractivity contribution in [2.45, 2.75) is 6.18 Å². The molecule has 1 aliphatic heterocycles. The Hall–Kier alpha value is -1.43. The number of methoxy groups -OCH3 is 1. The lowest BCUT2D eigenvalue weighted by Gasteiger charge is -2.32. The number of halogens is 3. The number of rotatable bonds is 2. The summed E-state index contributed by atoms with van der Waals surface area (Å²) in [5, 5.41) is 3.12. The van der Waals surface area contributed by atoms with Crippen LogP contribution < -0.4 is 15.0 Å². The Balaban J connectivity index is 2.45. The number of nitrogens with zero attached hydrogens (tertiary/aromatic N) is 1. The third-order valence-corrected chi connectivity index (χ3v) is 2.97. The molecule has 0 aliphatic carbocycles. The van der Waals surface area contributed by atoms with Crippen LogP contribution in [-0.2, 0) is 6.18 Å². The smallest absolute Gasteiger partial charge is 0.421 e. The summed E-state index contributed by atoms with van der Waals surface area (Å²) in [6.07, 6.45) is -4.41. The summed E-state index contributed by atoms with van der Waals surface area (Å²) < 4.78 is 44.2. The fraction of sp³-hybridized carbons (Fsp3) is 0.500. The number of ether oxygens (including phenoxy) is 1. The van der Waals surface area contributed by atoms with Gasteiger partial charge in [0.2, 0.25) is 0 Å². The lowest BCUT2D eigenvalue weighted by molar-refractivity contribution is -0.138. The first-order chi connectivity index (χ1) is 8.54. The number of anilines is 1. The molecule has 0 radical (unpaired) electrons. The van der Waals surface area contributed by atoms with Crippen LogP contribution >= 0.6 is 0 Å². The molecular formula is C12H15F3N2O. The van der Waals surface area contributed by atoms with Gasteiger partial charge in [-0.15, -0.1) is 0 Å². The van der Waals surface area contributed by atoms with Gasteiger partial charge in [-0.25, -0.2) is 0 Å². The molecule has 2 rings (SSSR count). The highest BCUT2D eigenvalue weighted by molar-refractivity contribution is 5.61. The fourth-order valence-electron chi connectivity index (χ4n) is 2.14. The molecule has 3 nitrogen and oxygen atoms in total. The predicted octanol–water partition coefficient (Wildman–Crippen LogP) is 2.12.